The number of ether oxygens (including phenoxy) is 1. The van der Waals surface area contributed by atoms with E-state index < -0.39 is 10.0 Å². The average molecular weight is 334 g/mol. The van der Waals surface area contributed by atoms with Crippen molar-refractivity contribution in [1.29, 1.82) is 0 Å². The van der Waals surface area contributed by atoms with E-state index in [1.165, 1.54) is 12.4 Å². The van der Waals surface area contributed by atoms with Gasteiger partial charge >= 0.3 is 0 Å². The number of benzene rings is 1. The Morgan fingerprint density at radius 3 is 2.43 bits per heavy atom. The van der Waals surface area contributed by atoms with Gasteiger partial charge in [-0.15, -0.1) is 0 Å². The molecule has 0 aliphatic heterocycles. The second kappa shape index (κ2) is 7.00. The van der Waals surface area contributed by atoms with Crippen LogP contribution in [-0.2, 0) is 10.0 Å². The molecule has 0 unspecified atom stereocenters. The van der Waals surface area contributed by atoms with E-state index in [0.717, 1.165) is 11.1 Å². The van der Waals surface area contributed by atoms with Crippen LogP contribution in [0.2, 0.25) is 0 Å². The van der Waals surface area contributed by atoms with E-state index in [2.05, 4.69) is 9.71 Å². The first-order chi connectivity index (χ1) is 10.8. The predicted octanol–water partition coefficient (Wildman–Crippen LogP) is 3.71. The zero-order valence-electron chi connectivity index (χ0n) is 13.8. The summed E-state index contributed by atoms with van der Waals surface area (Å²) >= 11 is 0. The summed E-state index contributed by atoms with van der Waals surface area (Å²) in [6.45, 7) is 8.27. The highest BCUT2D eigenvalue weighted by Gasteiger charge is 2.22. The number of hydrogen-bond donors (Lipinski definition) is 1. The summed E-state index contributed by atoms with van der Waals surface area (Å²) < 4.78 is 33.7. The van der Waals surface area contributed by atoms with Crippen molar-refractivity contribution in [3.8, 4) is 5.75 Å². The van der Waals surface area contributed by atoms with Gasteiger partial charge in [-0.05, 0) is 55.2 Å². The molecular weight excluding hydrogens is 312 g/mol. The van der Waals surface area contributed by atoms with E-state index in [0.29, 0.717) is 18.0 Å². The lowest BCUT2D eigenvalue weighted by atomic mass is 9.98. The lowest BCUT2D eigenvalue weighted by Gasteiger charge is -2.17. The molecule has 0 amide bonds. The Bertz CT molecular complexity index is 772. The first-order valence-electron chi connectivity index (χ1n) is 7.55. The van der Waals surface area contributed by atoms with E-state index in [4.69, 9.17) is 4.74 Å². The van der Waals surface area contributed by atoms with Crippen LogP contribution in [0.15, 0.2) is 41.6 Å². The van der Waals surface area contributed by atoms with E-state index in [1.807, 2.05) is 27.7 Å². The van der Waals surface area contributed by atoms with Crippen molar-refractivity contribution in [3.63, 3.8) is 0 Å². The van der Waals surface area contributed by atoms with Crippen molar-refractivity contribution in [2.24, 2.45) is 0 Å². The third kappa shape index (κ3) is 4.01. The van der Waals surface area contributed by atoms with Gasteiger partial charge in [-0.2, -0.15) is 0 Å². The van der Waals surface area contributed by atoms with E-state index >= 15 is 0 Å². The normalized spacial score (nSPS) is 11.5. The largest absolute Gasteiger partial charge is 0.492 e. The second-order valence-electron chi connectivity index (χ2n) is 5.58. The fourth-order valence-corrected chi connectivity index (χ4v) is 3.63. The third-order valence-corrected chi connectivity index (χ3v) is 4.88. The van der Waals surface area contributed by atoms with Crippen LogP contribution in [0.25, 0.3) is 0 Å². The fraction of sp³-hybridized carbons (Fsp3) is 0.353. The summed E-state index contributed by atoms with van der Waals surface area (Å²) in [5, 5.41) is 0. The molecule has 1 aromatic heterocycles. The topological polar surface area (TPSA) is 68.3 Å². The number of nitrogens with one attached hydrogen (secondary N) is 1. The highest BCUT2D eigenvalue weighted by molar-refractivity contribution is 7.92. The van der Waals surface area contributed by atoms with Gasteiger partial charge in [0.1, 0.15) is 10.6 Å². The van der Waals surface area contributed by atoms with Gasteiger partial charge in [0.2, 0.25) is 0 Å². The summed E-state index contributed by atoms with van der Waals surface area (Å²) in [6, 6.07) is 6.71. The third-order valence-electron chi connectivity index (χ3n) is 3.48. The molecule has 0 bridgehead atoms. The van der Waals surface area contributed by atoms with Crippen LogP contribution < -0.4 is 9.46 Å². The van der Waals surface area contributed by atoms with Gasteiger partial charge in [0.25, 0.3) is 10.0 Å². The molecule has 124 valence electrons. The van der Waals surface area contributed by atoms with Gasteiger partial charge in [-0.1, -0.05) is 13.8 Å². The molecule has 5 nitrogen and oxygen atoms in total. The lowest BCUT2D eigenvalue weighted by molar-refractivity contribution is 0.330. The second-order valence-corrected chi connectivity index (χ2v) is 7.24. The molecule has 0 atom stereocenters. The van der Waals surface area contributed by atoms with Gasteiger partial charge in [0.15, 0.2) is 0 Å². The molecule has 1 N–H and O–H groups in total. The molecule has 23 heavy (non-hydrogen) atoms. The fourth-order valence-electron chi connectivity index (χ4n) is 2.41. The van der Waals surface area contributed by atoms with E-state index in [-0.39, 0.29) is 10.8 Å². The summed E-state index contributed by atoms with van der Waals surface area (Å²) in [6.07, 6.45) is 3.08. The van der Waals surface area contributed by atoms with E-state index in [9.17, 15) is 8.42 Å². The number of rotatable bonds is 6. The molecule has 1 heterocycles. The minimum atomic E-state index is -3.74. The zero-order valence-corrected chi connectivity index (χ0v) is 14.6. The number of pyridine rings is 1. The minimum Gasteiger partial charge on any atom is -0.492 e. The number of aromatic nitrogens is 1. The Morgan fingerprint density at radius 2 is 1.87 bits per heavy atom. The predicted molar refractivity (Wildman–Crippen MR) is 91.5 cm³/mol. The number of nitrogens with zero attached hydrogens (tertiary/aromatic N) is 1. The van der Waals surface area contributed by atoms with Crippen molar-refractivity contribution in [2.45, 2.75) is 38.5 Å². The summed E-state index contributed by atoms with van der Waals surface area (Å²) in [5.41, 5.74) is 2.48. The molecule has 0 fully saturated rings. The highest BCUT2D eigenvalue weighted by Crippen LogP contribution is 2.32. The van der Waals surface area contributed by atoms with Gasteiger partial charge in [0.05, 0.1) is 12.3 Å². The maximum Gasteiger partial charge on any atom is 0.265 e. The van der Waals surface area contributed by atoms with Crippen LogP contribution in [0.3, 0.4) is 0 Å². The SMILES string of the molecule is CCOc1cc(C)c(C(C)C)cc1S(=O)(=O)Nc1ccncc1. The average Bonchev–Trinajstić information content (AvgIpc) is 2.47. The van der Waals surface area contributed by atoms with Crippen molar-refractivity contribution < 1.29 is 13.2 Å². The Hall–Kier alpha value is -2.08. The summed E-state index contributed by atoms with van der Waals surface area (Å²) in [5.74, 6) is 0.594. The van der Waals surface area contributed by atoms with Gasteiger partial charge < -0.3 is 4.74 Å². The van der Waals surface area contributed by atoms with Crippen LogP contribution in [0.4, 0.5) is 5.69 Å². The highest BCUT2D eigenvalue weighted by atomic mass is 32.2. The quantitative estimate of drug-likeness (QED) is 0.874. The Morgan fingerprint density at radius 1 is 1.22 bits per heavy atom. The van der Waals surface area contributed by atoms with Crippen LogP contribution >= 0.6 is 0 Å². The van der Waals surface area contributed by atoms with Crippen LogP contribution in [0.1, 0.15) is 37.8 Å². The maximum absolute atomic E-state index is 12.8. The number of aryl methyl sites for hydroxylation is 1. The Balaban J connectivity index is 2.52. The molecule has 0 saturated carbocycles. The summed E-state index contributed by atoms with van der Waals surface area (Å²) in [7, 11) is -3.74. The van der Waals surface area contributed by atoms with Crippen molar-refractivity contribution in [3.05, 3.63) is 47.8 Å². The van der Waals surface area contributed by atoms with Gasteiger partial charge in [-0.25, -0.2) is 8.42 Å². The minimum absolute atomic E-state index is 0.158. The van der Waals surface area contributed by atoms with Gasteiger partial charge in [0, 0.05) is 12.4 Å². The molecule has 0 saturated heterocycles. The van der Waals surface area contributed by atoms with Gasteiger partial charge in [-0.3, -0.25) is 9.71 Å². The van der Waals surface area contributed by atoms with Crippen molar-refractivity contribution >= 4 is 15.7 Å². The van der Waals surface area contributed by atoms with Crippen LogP contribution in [-0.4, -0.2) is 20.0 Å². The lowest BCUT2D eigenvalue weighted by Crippen LogP contribution is -2.15. The van der Waals surface area contributed by atoms with Crippen molar-refractivity contribution in [1.82, 2.24) is 4.98 Å². The molecule has 2 rings (SSSR count). The summed E-state index contributed by atoms with van der Waals surface area (Å²) in [4.78, 5) is 4.04. The Kier molecular flexibility index (Phi) is 5.26. The first kappa shape index (κ1) is 17.3. The molecule has 1 aromatic carbocycles. The monoisotopic (exact) mass is 334 g/mol. The Labute approximate surface area is 137 Å². The molecule has 6 heteroatoms. The number of sulfonamides is 1. The maximum atomic E-state index is 12.8. The molecule has 0 aliphatic rings. The smallest absolute Gasteiger partial charge is 0.265 e. The molecule has 2 aromatic rings. The number of hydrogen-bond acceptors (Lipinski definition) is 4. The molecular formula is C17H22N2O3S. The standard InChI is InChI=1S/C17H22N2O3S/c1-5-22-16-10-13(4)15(12(2)3)11-17(16)23(20,21)19-14-6-8-18-9-7-14/h6-12H,5H2,1-4H3,(H,18,19). The van der Waals surface area contributed by atoms with Crippen molar-refractivity contribution in [2.75, 3.05) is 11.3 Å². The zero-order chi connectivity index (χ0) is 17.0. The van der Waals surface area contributed by atoms with Crippen LogP contribution in [0.5, 0.6) is 5.75 Å². The molecule has 0 radical (unpaired) electrons. The molecule has 0 aliphatic carbocycles. The molecule has 0 spiro atoms. The van der Waals surface area contributed by atoms with E-state index in [1.54, 1.807) is 24.3 Å². The number of anilines is 1. The first-order valence-corrected chi connectivity index (χ1v) is 9.03. The van der Waals surface area contributed by atoms with Crippen LogP contribution in [0, 0.1) is 6.92 Å².